The van der Waals surface area contributed by atoms with E-state index < -0.39 is 11.6 Å². The van der Waals surface area contributed by atoms with Crippen LogP contribution in [0.25, 0.3) is 32.1 Å². The lowest BCUT2D eigenvalue weighted by molar-refractivity contribution is 0.169. The number of nitriles is 1. The number of rotatable bonds is 9. The Kier molecular flexibility index (Phi) is 8.78. The van der Waals surface area contributed by atoms with E-state index in [0.29, 0.717) is 18.9 Å². The van der Waals surface area contributed by atoms with E-state index in [0.717, 1.165) is 30.6 Å². The number of hydrogen-bond acceptors (Lipinski definition) is 10. The summed E-state index contributed by atoms with van der Waals surface area (Å²) < 4.78 is 44.6. The first-order valence-corrected chi connectivity index (χ1v) is 16.0. The van der Waals surface area contributed by atoms with Crippen molar-refractivity contribution in [3.8, 4) is 29.0 Å². The second kappa shape index (κ2) is 12.8. The number of imidazole rings is 1. The van der Waals surface area contributed by atoms with Gasteiger partial charge in [-0.25, -0.2) is 18.6 Å². The van der Waals surface area contributed by atoms with E-state index in [1.165, 1.54) is 37.2 Å². The van der Waals surface area contributed by atoms with Gasteiger partial charge in [-0.3, -0.25) is 4.57 Å². The highest BCUT2D eigenvalue weighted by Gasteiger charge is 2.38. The molecule has 0 spiro atoms. The molecule has 1 aliphatic carbocycles. The van der Waals surface area contributed by atoms with Crippen molar-refractivity contribution in [2.45, 2.75) is 32.2 Å². The molecule has 0 radical (unpaired) electrons. The van der Waals surface area contributed by atoms with Gasteiger partial charge in [-0.1, -0.05) is 24.6 Å². The first kappa shape index (κ1) is 32.2. The van der Waals surface area contributed by atoms with E-state index >= 15 is 4.39 Å². The topological polar surface area (TPSA) is 135 Å². The second-order valence-electron chi connectivity index (χ2n) is 11.4. The van der Waals surface area contributed by atoms with Crippen molar-refractivity contribution in [2.24, 2.45) is 5.92 Å². The summed E-state index contributed by atoms with van der Waals surface area (Å²) in [6.07, 6.45) is 6.92. The third kappa shape index (κ3) is 5.43. The van der Waals surface area contributed by atoms with Crippen LogP contribution in [0.3, 0.4) is 0 Å². The fraction of sp³-hybridized carbons (Fsp3) is 0.344. The van der Waals surface area contributed by atoms with Crippen molar-refractivity contribution in [2.75, 3.05) is 45.0 Å². The van der Waals surface area contributed by atoms with Crippen molar-refractivity contribution >= 4 is 60.8 Å². The molecule has 6 rings (SSSR count). The number of ether oxygens (including phenoxy) is 2. The fourth-order valence-corrected chi connectivity index (χ4v) is 7.62. The number of carbonyl (C=O) groups is 1. The van der Waals surface area contributed by atoms with E-state index in [9.17, 15) is 14.4 Å². The number of nitrogen functional groups attached to an aromatic ring is 1. The van der Waals surface area contributed by atoms with Crippen LogP contribution in [-0.4, -0.2) is 70.8 Å². The Morgan fingerprint density at radius 2 is 2.00 bits per heavy atom. The van der Waals surface area contributed by atoms with E-state index in [1.54, 1.807) is 24.3 Å². The van der Waals surface area contributed by atoms with Crippen LogP contribution in [-0.2, 0) is 0 Å². The van der Waals surface area contributed by atoms with Crippen LogP contribution in [0.2, 0.25) is 5.02 Å². The molecular formula is C32H31ClF2N8O3S. The first-order valence-electron chi connectivity index (χ1n) is 14.8. The van der Waals surface area contributed by atoms with Gasteiger partial charge in [0.25, 0.3) is 0 Å². The highest BCUT2D eigenvalue weighted by atomic mass is 35.5. The van der Waals surface area contributed by atoms with Gasteiger partial charge in [0.1, 0.15) is 34.5 Å². The molecule has 15 heteroatoms. The van der Waals surface area contributed by atoms with Crippen molar-refractivity contribution in [1.29, 1.82) is 5.26 Å². The number of aromatic nitrogens is 4. The average Bonchev–Trinajstić information content (AvgIpc) is 3.70. The van der Waals surface area contributed by atoms with E-state index in [4.69, 9.17) is 26.8 Å². The number of halogens is 3. The summed E-state index contributed by atoms with van der Waals surface area (Å²) in [6.45, 7) is 3.17. The summed E-state index contributed by atoms with van der Waals surface area (Å²) in [5.74, 6) is -0.655. The van der Waals surface area contributed by atoms with Gasteiger partial charge >= 0.3 is 12.0 Å². The van der Waals surface area contributed by atoms with Crippen molar-refractivity contribution in [1.82, 2.24) is 24.4 Å². The maximum Gasteiger partial charge on any atom is 0.329 e. The van der Waals surface area contributed by atoms with E-state index in [1.807, 2.05) is 13.0 Å². The third-order valence-electron chi connectivity index (χ3n) is 8.50. The maximum atomic E-state index is 16.9. The number of amides is 1. The fourth-order valence-electron chi connectivity index (χ4n) is 6.31. The zero-order valence-electron chi connectivity index (χ0n) is 26.1. The zero-order valence-corrected chi connectivity index (χ0v) is 27.6. The summed E-state index contributed by atoms with van der Waals surface area (Å²) in [5, 5.41) is 10.3. The van der Waals surface area contributed by atoms with Gasteiger partial charge in [0.2, 0.25) is 0 Å². The van der Waals surface area contributed by atoms with Gasteiger partial charge in [-0.05, 0) is 36.8 Å². The Morgan fingerprint density at radius 3 is 2.64 bits per heavy atom. The number of carbonyl (C=O) groups excluding carboxylic acids is 1. The Morgan fingerprint density at radius 1 is 1.23 bits per heavy atom. The molecule has 0 aliphatic heterocycles. The summed E-state index contributed by atoms with van der Waals surface area (Å²) in [4.78, 5) is 29.5. The second-order valence-corrected chi connectivity index (χ2v) is 12.8. The van der Waals surface area contributed by atoms with Gasteiger partial charge < -0.3 is 25.0 Å². The van der Waals surface area contributed by atoms with E-state index in [-0.39, 0.29) is 77.5 Å². The lowest BCUT2D eigenvalue weighted by atomic mass is 9.78. The Hall–Kier alpha value is -4.74. The monoisotopic (exact) mass is 680 g/mol. The van der Waals surface area contributed by atoms with Crippen molar-refractivity contribution < 1.29 is 23.0 Å². The molecule has 1 amide bonds. The van der Waals surface area contributed by atoms with Gasteiger partial charge in [0, 0.05) is 49.5 Å². The van der Waals surface area contributed by atoms with Crippen LogP contribution in [0.4, 0.5) is 24.4 Å². The molecule has 0 atom stereocenters. The zero-order chi connectivity index (χ0) is 33.6. The quantitative estimate of drug-likeness (QED) is 0.180. The standard InChI is InChI=1S/C32H31ClF2N8O3S/c1-5-9-43(17-11-16(12-17)14-41(2)32(44)42-10-8-38-15-42)30-23-26(39-31(40-30)46-4)25(35)22(24(33)27(23)45-3)18-6-7-20(34)28-21(18)19(13-36)29(37)47-28/h6-8,10,15-17H,5,9,11-12,14,37H2,1-4H3. The Bertz CT molecular complexity index is 2040. The molecule has 3 heterocycles. The van der Waals surface area contributed by atoms with Crippen LogP contribution in [0.5, 0.6) is 11.8 Å². The van der Waals surface area contributed by atoms with E-state index in [2.05, 4.69) is 19.9 Å². The van der Waals surface area contributed by atoms with Crippen molar-refractivity contribution in [3.63, 3.8) is 0 Å². The lowest BCUT2D eigenvalue weighted by Gasteiger charge is -2.45. The molecule has 244 valence electrons. The molecule has 5 aromatic rings. The molecule has 3 aromatic heterocycles. The summed E-state index contributed by atoms with van der Waals surface area (Å²) in [6, 6.07) is 4.36. The average molecular weight is 681 g/mol. The molecule has 0 saturated heterocycles. The lowest BCUT2D eigenvalue weighted by Crippen LogP contribution is -2.49. The summed E-state index contributed by atoms with van der Waals surface area (Å²) in [5.41, 5.74) is 6.04. The molecule has 1 aliphatic rings. The number of nitrogens with zero attached hydrogens (tertiary/aromatic N) is 7. The predicted octanol–water partition coefficient (Wildman–Crippen LogP) is 6.71. The number of hydrogen-bond donors (Lipinski definition) is 1. The SMILES string of the molecule is CCCN(c1nc(OC)nc2c(F)c(-c3ccc(F)c4sc(N)c(C#N)c34)c(Cl)c(OC)c12)C1CC(CN(C)C(=O)n2ccnc2)C1. The Balaban J connectivity index is 1.45. The highest BCUT2D eigenvalue weighted by Crippen LogP contribution is 2.50. The number of anilines is 2. The van der Waals surface area contributed by atoms with Crippen LogP contribution in [0, 0.1) is 28.9 Å². The number of thiophene rings is 1. The molecule has 0 bridgehead atoms. The van der Waals surface area contributed by atoms with Crippen LogP contribution >= 0.6 is 22.9 Å². The number of fused-ring (bicyclic) bond motifs is 2. The largest absolute Gasteiger partial charge is 0.494 e. The summed E-state index contributed by atoms with van der Waals surface area (Å²) in [7, 11) is 4.56. The first-order chi connectivity index (χ1) is 22.6. The maximum absolute atomic E-state index is 16.9. The van der Waals surface area contributed by atoms with Gasteiger partial charge in [0.05, 0.1) is 34.9 Å². The number of nitrogens with two attached hydrogens (primary N) is 1. The minimum atomic E-state index is -0.808. The van der Waals surface area contributed by atoms with Crippen LogP contribution in [0.1, 0.15) is 31.7 Å². The molecule has 2 N–H and O–H groups in total. The van der Waals surface area contributed by atoms with Gasteiger partial charge in [-0.15, -0.1) is 11.3 Å². The Labute approximate surface area is 278 Å². The third-order valence-corrected chi connectivity index (χ3v) is 9.89. The molecule has 2 aromatic carbocycles. The highest BCUT2D eigenvalue weighted by molar-refractivity contribution is 7.23. The molecular weight excluding hydrogens is 650 g/mol. The predicted molar refractivity (Wildman–Crippen MR) is 177 cm³/mol. The van der Waals surface area contributed by atoms with Crippen LogP contribution in [0.15, 0.2) is 30.9 Å². The molecule has 1 fully saturated rings. The molecule has 1 saturated carbocycles. The normalized spacial score (nSPS) is 15.8. The van der Waals surface area contributed by atoms with Crippen LogP contribution < -0.4 is 20.1 Å². The number of benzene rings is 2. The minimum Gasteiger partial charge on any atom is -0.494 e. The van der Waals surface area contributed by atoms with Crippen molar-refractivity contribution in [3.05, 3.63) is 53.1 Å². The minimum absolute atomic E-state index is 0.0226. The molecule has 0 unspecified atom stereocenters. The molecule has 47 heavy (non-hydrogen) atoms. The molecule has 11 nitrogen and oxygen atoms in total. The smallest absolute Gasteiger partial charge is 0.329 e. The van der Waals surface area contributed by atoms with Gasteiger partial charge in [0.15, 0.2) is 11.6 Å². The summed E-state index contributed by atoms with van der Waals surface area (Å²) >= 11 is 7.86. The number of methoxy groups -OCH3 is 2. The van der Waals surface area contributed by atoms with Gasteiger partial charge in [-0.2, -0.15) is 15.2 Å².